The van der Waals surface area contributed by atoms with E-state index in [2.05, 4.69) is 5.32 Å². The van der Waals surface area contributed by atoms with Crippen LogP contribution in [0.1, 0.15) is 40.8 Å². The Hall–Kier alpha value is -2.86. The minimum atomic E-state index is -4.99. The molecule has 1 N–H and O–H groups in total. The van der Waals surface area contributed by atoms with Crippen molar-refractivity contribution < 1.29 is 40.4 Å². The van der Waals surface area contributed by atoms with Crippen molar-refractivity contribution in [2.45, 2.75) is 44.8 Å². The largest absolute Gasteiger partial charge is 0.428 e. The van der Waals surface area contributed by atoms with Crippen LogP contribution in [0.2, 0.25) is 0 Å². The minimum Gasteiger partial charge on any atom is -0.350 e. The lowest BCUT2D eigenvalue weighted by molar-refractivity contribution is -0.160. The summed E-state index contributed by atoms with van der Waals surface area (Å²) in [6.07, 6.45) is -11.0. The average molecular weight is 507 g/mol. The summed E-state index contributed by atoms with van der Waals surface area (Å²) in [7, 11) is 1.21. The van der Waals surface area contributed by atoms with E-state index < -0.39 is 48.0 Å². The molecule has 0 aromatic heterocycles. The maximum absolute atomic E-state index is 13.6. The van der Waals surface area contributed by atoms with E-state index in [9.17, 15) is 35.5 Å². The SMILES string of the molecule is Cc1cc(F)ccc1C1C(C)NCCN1OC(=O)N(C)Cc1cc(C(F)(F)F)cc(C(F)(F)F)c1. The molecule has 1 amide bonds. The number of piperazine rings is 1. The van der Waals surface area contributed by atoms with E-state index in [1.165, 1.54) is 24.2 Å². The molecular weight excluding hydrogens is 483 g/mol. The number of hydrogen-bond acceptors (Lipinski definition) is 4. The summed E-state index contributed by atoms with van der Waals surface area (Å²) in [5.41, 5.74) is -1.96. The molecular formula is C23H24F7N3O2. The van der Waals surface area contributed by atoms with Crippen LogP contribution in [0, 0.1) is 12.7 Å². The molecule has 0 aliphatic carbocycles. The van der Waals surface area contributed by atoms with E-state index >= 15 is 0 Å². The summed E-state index contributed by atoms with van der Waals surface area (Å²) >= 11 is 0. The van der Waals surface area contributed by atoms with Crippen molar-refractivity contribution in [3.8, 4) is 0 Å². The van der Waals surface area contributed by atoms with Crippen LogP contribution < -0.4 is 5.32 Å². The van der Waals surface area contributed by atoms with Gasteiger partial charge < -0.3 is 15.1 Å². The van der Waals surface area contributed by atoms with E-state index in [1.54, 1.807) is 13.0 Å². The van der Waals surface area contributed by atoms with Gasteiger partial charge in [-0.25, -0.2) is 9.18 Å². The molecule has 2 unspecified atom stereocenters. The van der Waals surface area contributed by atoms with Crippen LogP contribution in [-0.4, -0.2) is 42.2 Å². The summed E-state index contributed by atoms with van der Waals surface area (Å²) in [5.74, 6) is -0.426. The first-order valence-electron chi connectivity index (χ1n) is 10.6. The topological polar surface area (TPSA) is 44.8 Å². The third kappa shape index (κ3) is 6.43. The van der Waals surface area contributed by atoms with E-state index in [4.69, 9.17) is 4.84 Å². The highest BCUT2D eigenvalue weighted by Crippen LogP contribution is 2.36. The van der Waals surface area contributed by atoms with Gasteiger partial charge in [0.15, 0.2) is 0 Å². The summed E-state index contributed by atoms with van der Waals surface area (Å²) in [5, 5.41) is 4.61. The lowest BCUT2D eigenvalue weighted by atomic mass is 9.94. The molecule has 0 bridgehead atoms. The molecule has 2 aromatic rings. The first-order chi connectivity index (χ1) is 16.2. The van der Waals surface area contributed by atoms with Gasteiger partial charge in [-0.3, -0.25) is 0 Å². The van der Waals surface area contributed by atoms with Crippen molar-refractivity contribution in [2.24, 2.45) is 0 Å². The maximum Gasteiger partial charge on any atom is 0.428 e. The third-order valence-corrected chi connectivity index (χ3v) is 5.71. The van der Waals surface area contributed by atoms with Gasteiger partial charge in [-0.05, 0) is 60.9 Å². The first-order valence-corrected chi connectivity index (χ1v) is 10.6. The van der Waals surface area contributed by atoms with Gasteiger partial charge in [0.2, 0.25) is 0 Å². The fraction of sp³-hybridized carbons (Fsp3) is 0.435. The van der Waals surface area contributed by atoms with Crippen molar-refractivity contribution in [1.29, 1.82) is 0 Å². The van der Waals surface area contributed by atoms with Crippen molar-refractivity contribution >= 4 is 6.09 Å². The average Bonchev–Trinajstić information content (AvgIpc) is 2.73. The standard InChI is InChI=1S/C23H24F7N3O2/c1-13-8-18(24)4-5-19(13)20-14(2)31-6-7-33(20)35-21(34)32(3)12-15-9-16(22(25,26)27)11-17(10-15)23(28,29)30/h4-5,8-11,14,20,31H,6-7,12H2,1-3H3. The van der Waals surface area contributed by atoms with Crippen LogP contribution in [0.4, 0.5) is 35.5 Å². The van der Waals surface area contributed by atoms with Crippen LogP contribution in [-0.2, 0) is 23.7 Å². The van der Waals surface area contributed by atoms with Crippen LogP contribution in [0.3, 0.4) is 0 Å². The lowest BCUT2D eigenvalue weighted by Gasteiger charge is -2.40. The predicted molar refractivity (Wildman–Crippen MR) is 112 cm³/mol. The van der Waals surface area contributed by atoms with Crippen LogP contribution in [0.5, 0.6) is 0 Å². The van der Waals surface area contributed by atoms with Gasteiger partial charge in [0.05, 0.1) is 17.2 Å². The zero-order valence-corrected chi connectivity index (χ0v) is 19.1. The van der Waals surface area contributed by atoms with Crippen LogP contribution >= 0.6 is 0 Å². The molecule has 35 heavy (non-hydrogen) atoms. The van der Waals surface area contributed by atoms with E-state index in [1.807, 2.05) is 6.92 Å². The number of amides is 1. The van der Waals surface area contributed by atoms with Crippen molar-refractivity contribution in [3.63, 3.8) is 0 Å². The first kappa shape index (κ1) is 26.7. The number of alkyl halides is 6. The Kier molecular flexibility index (Phi) is 7.65. The number of rotatable bonds is 4. The second-order valence-corrected chi connectivity index (χ2v) is 8.46. The van der Waals surface area contributed by atoms with Gasteiger partial charge in [0, 0.05) is 32.7 Å². The van der Waals surface area contributed by atoms with Crippen LogP contribution in [0.25, 0.3) is 0 Å². The van der Waals surface area contributed by atoms with Crippen molar-refractivity contribution in [2.75, 3.05) is 20.1 Å². The number of benzene rings is 2. The van der Waals surface area contributed by atoms with Crippen molar-refractivity contribution in [3.05, 3.63) is 70.0 Å². The molecule has 192 valence electrons. The van der Waals surface area contributed by atoms with Gasteiger partial charge in [-0.2, -0.15) is 26.3 Å². The maximum atomic E-state index is 13.6. The lowest BCUT2D eigenvalue weighted by Crippen LogP contribution is -2.52. The fourth-order valence-corrected chi connectivity index (χ4v) is 4.02. The summed E-state index contributed by atoms with van der Waals surface area (Å²) in [6, 6.07) is 4.66. The van der Waals surface area contributed by atoms with Gasteiger partial charge in [0.25, 0.3) is 0 Å². The molecule has 0 spiro atoms. The molecule has 2 atom stereocenters. The molecule has 1 aliphatic rings. The zero-order valence-electron chi connectivity index (χ0n) is 19.1. The number of carbonyl (C=O) groups is 1. The number of halogens is 7. The monoisotopic (exact) mass is 507 g/mol. The number of hydrogen-bond donors (Lipinski definition) is 1. The van der Waals surface area contributed by atoms with E-state index in [-0.39, 0.29) is 24.2 Å². The molecule has 3 rings (SSSR count). The van der Waals surface area contributed by atoms with Gasteiger partial charge in [-0.1, -0.05) is 6.07 Å². The Morgan fingerprint density at radius 1 is 1.09 bits per heavy atom. The Bertz CT molecular complexity index is 1040. The predicted octanol–water partition coefficient (Wildman–Crippen LogP) is 5.69. The van der Waals surface area contributed by atoms with Gasteiger partial charge in [-0.15, -0.1) is 5.06 Å². The zero-order chi connectivity index (χ0) is 26.1. The molecule has 0 saturated carbocycles. The molecule has 5 nitrogen and oxygen atoms in total. The molecule has 1 saturated heterocycles. The molecule has 0 radical (unpaired) electrons. The molecule has 1 fully saturated rings. The quantitative estimate of drug-likeness (QED) is 0.541. The van der Waals surface area contributed by atoms with Gasteiger partial charge >= 0.3 is 18.4 Å². The summed E-state index contributed by atoms with van der Waals surface area (Å²) in [6.45, 7) is 3.72. The minimum absolute atomic E-state index is 0.0273. The van der Waals surface area contributed by atoms with E-state index in [0.29, 0.717) is 29.8 Å². The summed E-state index contributed by atoms with van der Waals surface area (Å²) in [4.78, 5) is 19.1. The van der Waals surface area contributed by atoms with Crippen LogP contribution in [0.15, 0.2) is 36.4 Å². The Balaban J connectivity index is 1.81. The fourth-order valence-electron chi connectivity index (χ4n) is 4.02. The number of carbonyl (C=O) groups excluding carboxylic acids is 1. The number of aryl methyl sites for hydroxylation is 1. The normalized spacial score (nSPS) is 19.5. The second kappa shape index (κ2) is 10.0. The summed E-state index contributed by atoms with van der Waals surface area (Å²) < 4.78 is 92.4. The highest BCUT2D eigenvalue weighted by molar-refractivity contribution is 5.67. The highest BCUT2D eigenvalue weighted by Gasteiger charge is 2.38. The highest BCUT2D eigenvalue weighted by atomic mass is 19.4. The number of hydroxylamine groups is 2. The van der Waals surface area contributed by atoms with E-state index in [0.717, 1.165) is 4.90 Å². The third-order valence-electron chi connectivity index (χ3n) is 5.71. The van der Waals surface area contributed by atoms with Crippen molar-refractivity contribution in [1.82, 2.24) is 15.3 Å². The number of nitrogens with one attached hydrogen (secondary N) is 1. The smallest absolute Gasteiger partial charge is 0.350 e. The molecule has 12 heteroatoms. The van der Waals surface area contributed by atoms with Gasteiger partial charge in [0.1, 0.15) is 5.82 Å². The second-order valence-electron chi connectivity index (χ2n) is 8.46. The Morgan fingerprint density at radius 2 is 1.69 bits per heavy atom. The Labute approximate surface area is 197 Å². The molecule has 1 aliphatic heterocycles. The Morgan fingerprint density at radius 3 is 2.23 bits per heavy atom. The number of nitrogens with zero attached hydrogens (tertiary/aromatic N) is 2. The molecule has 1 heterocycles. The molecule has 2 aromatic carbocycles.